The zero-order valence-electron chi connectivity index (χ0n) is 13.2. The molecule has 0 aliphatic carbocycles. The quantitative estimate of drug-likeness (QED) is 0.811. The molecular formula is C17H25NO3. The number of benzene rings is 1. The van der Waals surface area contributed by atoms with Gasteiger partial charge in [-0.3, -0.25) is 9.59 Å². The van der Waals surface area contributed by atoms with Crippen molar-refractivity contribution in [2.24, 2.45) is 11.8 Å². The number of amides is 1. The number of carboxylic acid groups (broad SMARTS) is 1. The summed E-state index contributed by atoms with van der Waals surface area (Å²) < 4.78 is 0. The van der Waals surface area contributed by atoms with E-state index in [2.05, 4.69) is 17.4 Å². The average Bonchev–Trinajstić information content (AvgIpc) is 2.44. The molecule has 0 heterocycles. The molecule has 0 fully saturated rings. The fourth-order valence-electron chi connectivity index (χ4n) is 2.05. The van der Waals surface area contributed by atoms with Crippen molar-refractivity contribution in [2.45, 2.75) is 46.1 Å². The summed E-state index contributed by atoms with van der Waals surface area (Å²) in [6, 6.07) is 10.1. The number of carboxylic acids is 1. The largest absolute Gasteiger partial charge is 0.481 e. The van der Waals surface area contributed by atoms with E-state index < -0.39 is 17.8 Å². The second-order valence-electron chi connectivity index (χ2n) is 6.27. The van der Waals surface area contributed by atoms with Gasteiger partial charge in [-0.2, -0.15) is 0 Å². The molecule has 0 saturated carbocycles. The minimum absolute atomic E-state index is 0.206. The highest BCUT2D eigenvalue weighted by Gasteiger charge is 2.29. The molecule has 1 amide bonds. The Labute approximate surface area is 126 Å². The van der Waals surface area contributed by atoms with Crippen LogP contribution in [0.1, 0.15) is 39.7 Å². The van der Waals surface area contributed by atoms with Crippen molar-refractivity contribution in [1.29, 1.82) is 0 Å². The summed E-state index contributed by atoms with van der Waals surface area (Å²) in [6.45, 7) is 7.14. The van der Waals surface area contributed by atoms with Gasteiger partial charge >= 0.3 is 5.97 Å². The monoisotopic (exact) mass is 291 g/mol. The molecule has 2 N–H and O–H groups in total. The molecule has 0 saturated heterocycles. The predicted octanol–water partition coefficient (Wildman–Crippen LogP) is 2.87. The van der Waals surface area contributed by atoms with E-state index in [1.54, 1.807) is 13.8 Å². The molecule has 0 spiro atoms. The summed E-state index contributed by atoms with van der Waals surface area (Å²) in [6.07, 6.45) is 1.67. The fraction of sp³-hybridized carbons (Fsp3) is 0.529. The van der Waals surface area contributed by atoms with E-state index in [9.17, 15) is 9.59 Å². The molecular weight excluding hydrogens is 266 g/mol. The van der Waals surface area contributed by atoms with Gasteiger partial charge in [0.2, 0.25) is 5.91 Å². The summed E-state index contributed by atoms with van der Waals surface area (Å²) in [7, 11) is 0. The third kappa shape index (κ3) is 5.58. The van der Waals surface area contributed by atoms with Gasteiger partial charge in [0.1, 0.15) is 0 Å². The summed E-state index contributed by atoms with van der Waals surface area (Å²) >= 11 is 0. The molecule has 1 rings (SSSR count). The molecule has 0 aliphatic heterocycles. The first-order valence-electron chi connectivity index (χ1n) is 7.32. The molecule has 4 nitrogen and oxygen atoms in total. The summed E-state index contributed by atoms with van der Waals surface area (Å²) in [5, 5.41) is 11.9. The maximum atomic E-state index is 12.1. The van der Waals surface area contributed by atoms with Gasteiger partial charge in [0.25, 0.3) is 0 Å². The molecule has 4 heteroatoms. The molecule has 0 aliphatic rings. The van der Waals surface area contributed by atoms with E-state index in [1.165, 1.54) is 5.56 Å². The van der Waals surface area contributed by atoms with Crippen LogP contribution in [-0.4, -0.2) is 22.5 Å². The van der Waals surface area contributed by atoms with E-state index >= 15 is 0 Å². The second kappa shape index (κ2) is 7.25. The summed E-state index contributed by atoms with van der Waals surface area (Å²) in [5.74, 6) is -2.38. The minimum Gasteiger partial charge on any atom is -0.481 e. The fourth-order valence-corrected chi connectivity index (χ4v) is 2.05. The number of hydrogen-bond donors (Lipinski definition) is 2. The van der Waals surface area contributed by atoms with E-state index in [1.807, 2.05) is 32.0 Å². The molecule has 0 bridgehead atoms. The zero-order valence-corrected chi connectivity index (χ0v) is 13.2. The lowest BCUT2D eigenvalue weighted by Gasteiger charge is -2.29. The summed E-state index contributed by atoms with van der Waals surface area (Å²) in [5.41, 5.74) is 0.867. The van der Waals surface area contributed by atoms with Crippen LogP contribution in [-0.2, 0) is 16.0 Å². The van der Waals surface area contributed by atoms with Crippen LogP contribution >= 0.6 is 0 Å². The molecule has 116 valence electrons. The van der Waals surface area contributed by atoms with Crippen LogP contribution in [0.3, 0.4) is 0 Å². The zero-order chi connectivity index (χ0) is 16.0. The van der Waals surface area contributed by atoms with Crippen molar-refractivity contribution in [3.63, 3.8) is 0 Å². The van der Waals surface area contributed by atoms with E-state index in [0.29, 0.717) is 0 Å². The van der Waals surface area contributed by atoms with Gasteiger partial charge in [-0.05, 0) is 32.3 Å². The van der Waals surface area contributed by atoms with Gasteiger partial charge in [0, 0.05) is 11.5 Å². The highest BCUT2D eigenvalue weighted by molar-refractivity contribution is 5.84. The van der Waals surface area contributed by atoms with Gasteiger partial charge in [-0.15, -0.1) is 0 Å². The van der Waals surface area contributed by atoms with Crippen molar-refractivity contribution in [3.05, 3.63) is 35.9 Å². The lowest BCUT2D eigenvalue weighted by Crippen LogP contribution is -2.47. The lowest BCUT2D eigenvalue weighted by atomic mass is 9.91. The van der Waals surface area contributed by atoms with Gasteiger partial charge in [0.05, 0.1) is 5.92 Å². The standard InChI is InChI=1S/C17H25NO3/c1-12(13(2)16(20)21)15(19)18-17(3,4)11-10-14-8-6-5-7-9-14/h5-9,12-13H,10-11H2,1-4H3,(H,18,19)(H,20,21). The van der Waals surface area contributed by atoms with E-state index in [0.717, 1.165) is 12.8 Å². The van der Waals surface area contributed by atoms with Gasteiger partial charge in [-0.25, -0.2) is 0 Å². The average molecular weight is 291 g/mol. The first-order valence-corrected chi connectivity index (χ1v) is 7.32. The van der Waals surface area contributed by atoms with E-state index in [-0.39, 0.29) is 11.4 Å². The highest BCUT2D eigenvalue weighted by Crippen LogP contribution is 2.17. The molecule has 21 heavy (non-hydrogen) atoms. The van der Waals surface area contributed by atoms with Crippen LogP contribution in [0.25, 0.3) is 0 Å². The minimum atomic E-state index is -0.945. The molecule has 0 aromatic heterocycles. The van der Waals surface area contributed by atoms with Crippen molar-refractivity contribution in [1.82, 2.24) is 5.32 Å². The van der Waals surface area contributed by atoms with Gasteiger partial charge in [-0.1, -0.05) is 44.2 Å². The molecule has 1 aromatic rings. The first kappa shape index (κ1) is 17.2. The van der Waals surface area contributed by atoms with Crippen molar-refractivity contribution in [2.75, 3.05) is 0 Å². The number of carbonyl (C=O) groups excluding carboxylic acids is 1. The van der Waals surface area contributed by atoms with Crippen LogP contribution in [0.15, 0.2) is 30.3 Å². The Morgan fingerprint density at radius 3 is 2.24 bits per heavy atom. The van der Waals surface area contributed by atoms with Crippen LogP contribution in [0.5, 0.6) is 0 Å². The molecule has 0 radical (unpaired) electrons. The number of nitrogens with one attached hydrogen (secondary N) is 1. The molecule has 2 atom stereocenters. The second-order valence-corrected chi connectivity index (χ2v) is 6.27. The van der Waals surface area contributed by atoms with E-state index in [4.69, 9.17) is 5.11 Å². The molecule has 2 unspecified atom stereocenters. The van der Waals surface area contributed by atoms with Crippen LogP contribution in [0.2, 0.25) is 0 Å². The maximum absolute atomic E-state index is 12.1. The maximum Gasteiger partial charge on any atom is 0.307 e. The normalized spacial score (nSPS) is 14.3. The number of rotatable bonds is 7. The number of aliphatic carboxylic acids is 1. The van der Waals surface area contributed by atoms with Gasteiger partial charge in [0.15, 0.2) is 0 Å². The number of hydrogen-bond acceptors (Lipinski definition) is 2. The summed E-state index contributed by atoms with van der Waals surface area (Å²) in [4.78, 5) is 23.1. The highest BCUT2D eigenvalue weighted by atomic mass is 16.4. The predicted molar refractivity (Wildman–Crippen MR) is 82.9 cm³/mol. The van der Waals surface area contributed by atoms with Crippen molar-refractivity contribution in [3.8, 4) is 0 Å². The van der Waals surface area contributed by atoms with Crippen LogP contribution in [0.4, 0.5) is 0 Å². The Morgan fingerprint density at radius 2 is 1.71 bits per heavy atom. The Bertz CT molecular complexity index is 482. The topological polar surface area (TPSA) is 66.4 Å². The van der Waals surface area contributed by atoms with Gasteiger partial charge < -0.3 is 10.4 Å². The Hall–Kier alpha value is -1.84. The SMILES string of the molecule is CC(C(=O)O)C(C)C(=O)NC(C)(C)CCc1ccccc1. The van der Waals surface area contributed by atoms with Crippen molar-refractivity contribution < 1.29 is 14.7 Å². The van der Waals surface area contributed by atoms with Crippen molar-refractivity contribution >= 4 is 11.9 Å². The number of carbonyl (C=O) groups is 2. The smallest absolute Gasteiger partial charge is 0.307 e. The van der Waals surface area contributed by atoms with Crippen LogP contribution in [0, 0.1) is 11.8 Å². The first-order chi connectivity index (χ1) is 9.73. The Kier molecular flexibility index (Phi) is 5.94. The third-order valence-corrected chi connectivity index (χ3v) is 3.90. The molecule has 1 aromatic carbocycles. The number of aryl methyl sites for hydroxylation is 1. The lowest BCUT2D eigenvalue weighted by molar-refractivity contribution is -0.146. The Balaban J connectivity index is 2.55. The third-order valence-electron chi connectivity index (χ3n) is 3.90. The van der Waals surface area contributed by atoms with Crippen LogP contribution < -0.4 is 5.32 Å². The Morgan fingerprint density at radius 1 is 1.14 bits per heavy atom.